The Labute approximate surface area is 133 Å². The van der Waals surface area contributed by atoms with Crippen LogP contribution in [0.25, 0.3) is 0 Å². The zero-order chi connectivity index (χ0) is 14.5. The predicted octanol–water partition coefficient (Wildman–Crippen LogP) is 4.32. The fourth-order valence-corrected chi connectivity index (χ4v) is 2.91. The van der Waals surface area contributed by atoms with Gasteiger partial charge in [-0.25, -0.2) is 0 Å². The molecule has 1 aliphatic rings. The van der Waals surface area contributed by atoms with Crippen molar-refractivity contribution in [3.05, 3.63) is 27.7 Å². The highest BCUT2D eigenvalue weighted by molar-refractivity contribution is 9.10. The number of hydrogen-bond donors (Lipinski definition) is 1. The largest absolute Gasteiger partial charge is 0.480 e. The summed E-state index contributed by atoms with van der Waals surface area (Å²) in [6, 6.07) is 5.66. The minimum absolute atomic E-state index is 0.0659. The fraction of sp³-hybridized carbons (Fsp3) is 0.533. The number of amides is 1. The Balaban J connectivity index is 1.91. The molecule has 110 valence electrons. The van der Waals surface area contributed by atoms with E-state index in [1.807, 2.05) is 0 Å². The maximum atomic E-state index is 12.1. The van der Waals surface area contributed by atoms with Crippen LogP contribution in [-0.4, -0.2) is 18.1 Å². The van der Waals surface area contributed by atoms with E-state index in [0.717, 1.165) is 12.8 Å². The van der Waals surface area contributed by atoms with Crippen molar-refractivity contribution in [2.45, 2.75) is 51.2 Å². The van der Waals surface area contributed by atoms with E-state index < -0.39 is 6.10 Å². The van der Waals surface area contributed by atoms with E-state index in [9.17, 15) is 4.79 Å². The molecule has 1 aliphatic carbocycles. The van der Waals surface area contributed by atoms with Gasteiger partial charge in [-0.1, -0.05) is 36.9 Å². The normalized spacial score (nSPS) is 17.6. The SMILES string of the molecule is CC(Oc1cccc(Cl)c1Br)C(=O)NC1CCCCC1. The van der Waals surface area contributed by atoms with Gasteiger partial charge in [-0.15, -0.1) is 0 Å². The molecule has 1 aromatic carbocycles. The van der Waals surface area contributed by atoms with Crippen molar-refractivity contribution in [3.63, 3.8) is 0 Å². The molecule has 0 saturated heterocycles. The fourth-order valence-electron chi connectivity index (χ4n) is 2.38. The van der Waals surface area contributed by atoms with Gasteiger partial charge in [-0.3, -0.25) is 4.79 Å². The summed E-state index contributed by atoms with van der Waals surface area (Å²) in [5.74, 6) is 0.521. The van der Waals surface area contributed by atoms with Gasteiger partial charge in [0, 0.05) is 6.04 Å². The average molecular weight is 361 g/mol. The van der Waals surface area contributed by atoms with Crippen LogP contribution in [0.4, 0.5) is 0 Å². The summed E-state index contributed by atoms with van der Waals surface area (Å²) in [5.41, 5.74) is 0. The number of halogens is 2. The summed E-state index contributed by atoms with van der Waals surface area (Å²) in [4.78, 5) is 12.1. The summed E-state index contributed by atoms with van der Waals surface area (Å²) in [6.45, 7) is 1.76. The van der Waals surface area contributed by atoms with Gasteiger partial charge in [0.25, 0.3) is 5.91 Å². The maximum Gasteiger partial charge on any atom is 0.260 e. The van der Waals surface area contributed by atoms with Crippen LogP contribution in [0.3, 0.4) is 0 Å². The Morgan fingerprint density at radius 3 is 2.80 bits per heavy atom. The molecule has 0 spiro atoms. The van der Waals surface area contributed by atoms with Crippen LogP contribution in [0.5, 0.6) is 5.75 Å². The quantitative estimate of drug-likeness (QED) is 0.868. The molecule has 2 rings (SSSR count). The van der Waals surface area contributed by atoms with Crippen molar-refractivity contribution in [1.29, 1.82) is 0 Å². The molecule has 1 unspecified atom stereocenters. The lowest BCUT2D eigenvalue weighted by molar-refractivity contribution is -0.128. The van der Waals surface area contributed by atoms with Crippen molar-refractivity contribution in [3.8, 4) is 5.75 Å². The number of rotatable bonds is 4. The molecule has 1 aromatic rings. The van der Waals surface area contributed by atoms with Crippen LogP contribution >= 0.6 is 27.5 Å². The van der Waals surface area contributed by atoms with Crippen LogP contribution in [0, 0.1) is 0 Å². The second-order valence-corrected chi connectivity index (χ2v) is 6.36. The molecule has 1 amide bonds. The van der Waals surface area contributed by atoms with Gasteiger partial charge >= 0.3 is 0 Å². The lowest BCUT2D eigenvalue weighted by Crippen LogP contribution is -2.43. The molecular formula is C15H19BrClNO2. The predicted molar refractivity (Wildman–Crippen MR) is 84.3 cm³/mol. The van der Waals surface area contributed by atoms with E-state index in [1.54, 1.807) is 25.1 Å². The second kappa shape index (κ2) is 7.32. The highest BCUT2D eigenvalue weighted by Crippen LogP contribution is 2.32. The monoisotopic (exact) mass is 359 g/mol. The Bertz CT molecular complexity index is 475. The van der Waals surface area contributed by atoms with Gasteiger partial charge < -0.3 is 10.1 Å². The number of ether oxygens (including phenoxy) is 1. The third-order valence-electron chi connectivity index (χ3n) is 3.54. The smallest absolute Gasteiger partial charge is 0.260 e. The number of benzene rings is 1. The van der Waals surface area contributed by atoms with Gasteiger partial charge in [0.1, 0.15) is 5.75 Å². The standard InChI is InChI=1S/C15H19BrClNO2/c1-10(15(19)18-11-6-3-2-4-7-11)20-13-9-5-8-12(17)14(13)16/h5,8-11H,2-4,6-7H2,1H3,(H,18,19). The first-order valence-electron chi connectivity index (χ1n) is 6.99. The average Bonchev–Trinajstić information content (AvgIpc) is 2.45. The van der Waals surface area contributed by atoms with Crippen LogP contribution in [0.2, 0.25) is 5.02 Å². The molecular weight excluding hydrogens is 342 g/mol. The topological polar surface area (TPSA) is 38.3 Å². The van der Waals surface area contributed by atoms with Crippen molar-refractivity contribution >= 4 is 33.4 Å². The highest BCUT2D eigenvalue weighted by atomic mass is 79.9. The molecule has 1 N–H and O–H groups in total. The number of carbonyl (C=O) groups excluding carboxylic acids is 1. The first-order valence-corrected chi connectivity index (χ1v) is 8.16. The minimum atomic E-state index is -0.535. The number of carbonyl (C=O) groups is 1. The summed E-state index contributed by atoms with van der Waals surface area (Å²) in [5, 5.41) is 3.63. The van der Waals surface area contributed by atoms with E-state index in [2.05, 4.69) is 21.2 Å². The van der Waals surface area contributed by atoms with Gasteiger partial charge in [0.05, 0.1) is 9.50 Å². The first kappa shape index (κ1) is 15.6. The minimum Gasteiger partial charge on any atom is -0.480 e. The van der Waals surface area contributed by atoms with E-state index in [1.165, 1.54) is 19.3 Å². The molecule has 0 aliphatic heterocycles. The molecule has 0 heterocycles. The molecule has 1 fully saturated rings. The maximum absolute atomic E-state index is 12.1. The summed E-state index contributed by atoms with van der Waals surface area (Å²) in [7, 11) is 0. The molecule has 3 nitrogen and oxygen atoms in total. The van der Waals surface area contributed by atoms with Crippen LogP contribution in [0.15, 0.2) is 22.7 Å². The van der Waals surface area contributed by atoms with Crippen LogP contribution in [-0.2, 0) is 4.79 Å². The number of nitrogens with one attached hydrogen (secondary N) is 1. The third kappa shape index (κ3) is 4.13. The van der Waals surface area contributed by atoms with Gasteiger partial charge in [0.2, 0.25) is 0 Å². The van der Waals surface area contributed by atoms with Crippen molar-refractivity contribution in [2.75, 3.05) is 0 Å². The summed E-state index contributed by atoms with van der Waals surface area (Å²) < 4.78 is 6.37. The van der Waals surface area contributed by atoms with Crippen LogP contribution in [0.1, 0.15) is 39.0 Å². The first-order chi connectivity index (χ1) is 9.58. The molecule has 0 aromatic heterocycles. The van der Waals surface area contributed by atoms with Gasteiger partial charge in [-0.2, -0.15) is 0 Å². The molecule has 1 saturated carbocycles. The lowest BCUT2D eigenvalue weighted by atomic mass is 9.95. The molecule has 0 bridgehead atoms. The lowest BCUT2D eigenvalue weighted by Gasteiger charge is -2.24. The van der Waals surface area contributed by atoms with Gasteiger partial charge in [0.15, 0.2) is 6.10 Å². The zero-order valence-corrected chi connectivity index (χ0v) is 13.8. The van der Waals surface area contributed by atoms with E-state index >= 15 is 0 Å². The Hall–Kier alpha value is -0.740. The zero-order valence-electron chi connectivity index (χ0n) is 11.5. The Morgan fingerprint density at radius 2 is 2.10 bits per heavy atom. The van der Waals surface area contributed by atoms with E-state index in [0.29, 0.717) is 21.3 Å². The van der Waals surface area contributed by atoms with E-state index in [-0.39, 0.29) is 5.91 Å². The summed E-state index contributed by atoms with van der Waals surface area (Å²) >= 11 is 9.37. The van der Waals surface area contributed by atoms with E-state index in [4.69, 9.17) is 16.3 Å². The summed E-state index contributed by atoms with van der Waals surface area (Å²) in [6.07, 6.45) is 5.26. The molecule has 0 radical (unpaired) electrons. The molecule has 1 atom stereocenters. The van der Waals surface area contributed by atoms with Crippen molar-refractivity contribution in [1.82, 2.24) is 5.32 Å². The Morgan fingerprint density at radius 1 is 1.40 bits per heavy atom. The second-order valence-electron chi connectivity index (χ2n) is 5.16. The molecule has 5 heteroatoms. The van der Waals surface area contributed by atoms with Crippen molar-refractivity contribution < 1.29 is 9.53 Å². The highest BCUT2D eigenvalue weighted by Gasteiger charge is 2.21. The van der Waals surface area contributed by atoms with Crippen molar-refractivity contribution in [2.24, 2.45) is 0 Å². The van der Waals surface area contributed by atoms with Gasteiger partial charge in [-0.05, 0) is 47.8 Å². The Kier molecular flexibility index (Phi) is 5.73. The van der Waals surface area contributed by atoms with Crippen LogP contribution < -0.4 is 10.1 Å². The molecule has 20 heavy (non-hydrogen) atoms. The number of hydrogen-bond acceptors (Lipinski definition) is 2. The third-order valence-corrected chi connectivity index (χ3v) is 4.90.